The summed E-state index contributed by atoms with van der Waals surface area (Å²) in [7, 11) is 0. The first-order chi connectivity index (χ1) is 21.3. The van der Waals surface area contributed by atoms with Gasteiger partial charge in [0.15, 0.2) is 0 Å². The van der Waals surface area contributed by atoms with Gasteiger partial charge in [0.25, 0.3) is 0 Å². The molecule has 4 aliphatic heterocycles. The highest BCUT2D eigenvalue weighted by molar-refractivity contribution is 7.01. The van der Waals surface area contributed by atoms with Crippen molar-refractivity contribution in [1.29, 1.82) is 0 Å². The fourth-order valence-corrected chi connectivity index (χ4v) is 7.65. The van der Waals surface area contributed by atoms with E-state index in [2.05, 4.69) is 154 Å². The van der Waals surface area contributed by atoms with Gasteiger partial charge in [0.2, 0.25) is 0 Å². The minimum Gasteiger partial charge on any atom is -0.458 e. The Kier molecular flexibility index (Phi) is 5.85. The Labute approximate surface area is 276 Å². The molecule has 0 amide bonds. The average Bonchev–Trinajstić information content (AvgIpc) is 3.46. The molecule has 4 aromatic carbocycles. The van der Waals surface area contributed by atoms with Crippen LogP contribution < -0.4 is 36.3 Å². The number of fused-ring (bicyclic) bond motifs is 9. The third-order valence-electron chi connectivity index (χ3n) is 10.5. The predicted octanol–water partition coefficient (Wildman–Crippen LogP) is 7.68. The molecule has 0 bridgehead atoms. The maximum absolute atomic E-state index is 6.92. The fourth-order valence-electron chi connectivity index (χ4n) is 7.65. The minimum absolute atomic E-state index is 0.00775. The van der Waals surface area contributed by atoms with Gasteiger partial charge in [-0.25, -0.2) is 0 Å². The van der Waals surface area contributed by atoms with E-state index < -0.39 is 0 Å². The van der Waals surface area contributed by atoms with E-state index in [9.17, 15) is 0 Å². The normalized spacial score (nSPS) is 16.4. The number of hydrogen-bond donors (Lipinski definition) is 0. The van der Waals surface area contributed by atoms with E-state index in [1.165, 1.54) is 55.5 Å². The van der Waals surface area contributed by atoms with Crippen molar-refractivity contribution in [3.63, 3.8) is 0 Å². The van der Waals surface area contributed by atoms with Crippen molar-refractivity contribution < 1.29 is 9.47 Å². The number of benzene rings is 4. The van der Waals surface area contributed by atoms with Gasteiger partial charge in [-0.05, 0) is 91.2 Å². The molecule has 0 saturated carbocycles. The number of nitrogens with zero attached hydrogens (tertiary/aromatic N) is 2. The summed E-state index contributed by atoms with van der Waals surface area (Å²) in [6.45, 7) is 27.4. The third kappa shape index (κ3) is 4.18. The average molecular weight is 608 g/mol. The van der Waals surface area contributed by atoms with Gasteiger partial charge in [-0.1, -0.05) is 107 Å². The quantitative estimate of drug-likeness (QED) is 0.191. The second kappa shape index (κ2) is 9.04. The van der Waals surface area contributed by atoms with Gasteiger partial charge in [0, 0.05) is 10.9 Å². The molecule has 0 unspecified atom stereocenters. The summed E-state index contributed by atoms with van der Waals surface area (Å²) in [5.74, 6) is 3.88. The lowest BCUT2D eigenvalue weighted by atomic mass is 9.38. The SMILES string of the molecule is CC(C)(C)c1ccc2c(c1)Oc1cc(C(C)(C)C)cc3c1B2N1B2c4ccc(C(C)(C)C)cc4Oc4cc(C(C)(C)C)cc(c42)N31. The smallest absolute Gasteiger partial charge is 0.310 e. The van der Waals surface area contributed by atoms with E-state index in [-0.39, 0.29) is 35.4 Å². The molecule has 0 aliphatic carbocycles. The molecule has 4 aromatic rings. The van der Waals surface area contributed by atoms with Crippen molar-refractivity contribution in [2.24, 2.45) is 0 Å². The summed E-state index contributed by atoms with van der Waals surface area (Å²) >= 11 is 0. The van der Waals surface area contributed by atoms with E-state index in [4.69, 9.17) is 9.47 Å². The minimum atomic E-state index is -0.0429. The van der Waals surface area contributed by atoms with E-state index >= 15 is 0 Å². The molecule has 0 spiro atoms. The van der Waals surface area contributed by atoms with Crippen LogP contribution in [-0.4, -0.2) is 18.5 Å². The third-order valence-corrected chi connectivity index (χ3v) is 10.5. The van der Waals surface area contributed by atoms with Crippen LogP contribution in [0, 0.1) is 0 Å². The Bertz CT molecular complexity index is 1830. The van der Waals surface area contributed by atoms with E-state index in [1.54, 1.807) is 0 Å². The summed E-state index contributed by atoms with van der Waals surface area (Å²) in [5.41, 5.74) is 12.5. The summed E-state index contributed by atoms with van der Waals surface area (Å²) in [6.07, 6.45) is 0. The largest absolute Gasteiger partial charge is 0.458 e. The van der Waals surface area contributed by atoms with Crippen LogP contribution in [0.25, 0.3) is 0 Å². The predicted molar refractivity (Wildman–Crippen MR) is 195 cm³/mol. The molecule has 234 valence electrons. The molecule has 4 aliphatic rings. The molecule has 4 heterocycles. The molecule has 4 nitrogen and oxygen atoms in total. The first-order valence-electron chi connectivity index (χ1n) is 16.9. The molecule has 0 fully saturated rings. The first-order valence-corrected chi connectivity index (χ1v) is 16.9. The van der Waals surface area contributed by atoms with Gasteiger partial charge in [-0.15, -0.1) is 0 Å². The Morgan fingerprint density at radius 3 is 1.13 bits per heavy atom. The highest BCUT2D eigenvalue weighted by atomic mass is 16.5. The van der Waals surface area contributed by atoms with Crippen molar-refractivity contribution in [3.05, 3.63) is 82.9 Å². The first kappa shape index (κ1) is 29.8. The zero-order chi connectivity index (χ0) is 32.9. The van der Waals surface area contributed by atoms with Crippen LogP contribution in [0.4, 0.5) is 11.4 Å². The molecule has 8 rings (SSSR count). The van der Waals surface area contributed by atoms with Crippen molar-refractivity contribution in [1.82, 2.24) is 4.83 Å². The number of rotatable bonds is 0. The highest BCUT2D eigenvalue weighted by Crippen LogP contribution is 2.49. The summed E-state index contributed by atoms with van der Waals surface area (Å²) in [5, 5.41) is 2.52. The van der Waals surface area contributed by atoms with Gasteiger partial charge in [0.1, 0.15) is 23.0 Å². The maximum Gasteiger partial charge on any atom is 0.310 e. The van der Waals surface area contributed by atoms with Crippen LogP contribution in [-0.2, 0) is 21.7 Å². The van der Waals surface area contributed by atoms with Gasteiger partial charge in [-0.2, -0.15) is 0 Å². The fraction of sp³-hybridized carbons (Fsp3) is 0.400. The molecular formula is C40H46B2N2O2. The Balaban J connectivity index is 1.44. The molecule has 0 saturated heterocycles. The summed E-state index contributed by atoms with van der Waals surface area (Å²) in [4.78, 5) is 2.64. The molecule has 6 heteroatoms. The highest BCUT2D eigenvalue weighted by Gasteiger charge is 2.59. The number of hydrogen-bond acceptors (Lipinski definition) is 4. The molecule has 46 heavy (non-hydrogen) atoms. The lowest BCUT2D eigenvalue weighted by Gasteiger charge is -2.35. The zero-order valence-corrected chi connectivity index (χ0v) is 29.6. The van der Waals surface area contributed by atoms with Crippen molar-refractivity contribution in [3.8, 4) is 23.0 Å². The Hall–Kier alpha value is -3.63. The van der Waals surface area contributed by atoms with Crippen LogP contribution in [0.2, 0.25) is 0 Å². The molecular weight excluding hydrogens is 562 g/mol. The van der Waals surface area contributed by atoms with Gasteiger partial charge in [-0.3, -0.25) is 9.84 Å². The molecule has 0 radical (unpaired) electrons. The Morgan fingerprint density at radius 1 is 0.435 bits per heavy atom. The van der Waals surface area contributed by atoms with Crippen molar-refractivity contribution >= 4 is 46.9 Å². The Morgan fingerprint density at radius 2 is 0.783 bits per heavy atom. The lowest BCUT2D eigenvalue weighted by molar-refractivity contribution is 0.478. The topological polar surface area (TPSA) is 24.9 Å². The monoisotopic (exact) mass is 608 g/mol. The lowest BCUT2D eigenvalue weighted by Crippen LogP contribution is -2.66. The second-order valence-corrected chi connectivity index (χ2v) is 18.0. The number of anilines is 2. The molecule has 0 atom stereocenters. The van der Waals surface area contributed by atoms with Crippen LogP contribution >= 0.6 is 0 Å². The number of ether oxygens (including phenoxy) is 2. The van der Waals surface area contributed by atoms with Crippen molar-refractivity contribution in [2.75, 3.05) is 5.01 Å². The van der Waals surface area contributed by atoms with Crippen molar-refractivity contribution in [2.45, 2.75) is 105 Å². The second-order valence-electron chi connectivity index (χ2n) is 18.0. The standard InChI is InChI=1S/C40H46B2N2O2/c1-37(2,3)23-13-15-27-31(19-23)45-33-21-25(39(7,8)9)17-29-35(33)41(27)44-42-28-16-14-24(38(4,5)6)20-32(28)46-34-22-26(40(10,11)12)18-30(36(34)42)43(29)44/h13-22H,1-12H3. The number of hydrazine groups is 1. The maximum atomic E-state index is 6.92. The van der Waals surface area contributed by atoms with E-state index in [0.717, 1.165) is 23.0 Å². The van der Waals surface area contributed by atoms with Crippen LogP contribution in [0.1, 0.15) is 105 Å². The molecule has 0 N–H and O–H groups in total. The van der Waals surface area contributed by atoms with Crippen LogP contribution in [0.5, 0.6) is 23.0 Å². The van der Waals surface area contributed by atoms with Gasteiger partial charge in [0.05, 0.1) is 11.4 Å². The summed E-state index contributed by atoms with van der Waals surface area (Å²) < 4.78 is 13.8. The molecule has 0 aromatic heterocycles. The van der Waals surface area contributed by atoms with E-state index in [1.807, 2.05) is 0 Å². The van der Waals surface area contributed by atoms with Crippen LogP contribution in [0.3, 0.4) is 0 Å². The van der Waals surface area contributed by atoms with Gasteiger partial charge < -0.3 is 9.47 Å². The van der Waals surface area contributed by atoms with Crippen LogP contribution in [0.15, 0.2) is 60.7 Å². The van der Waals surface area contributed by atoms with E-state index in [0.29, 0.717) is 0 Å². The van der Waals surface area contributed by atoms with Gasteiger partial charge >= 0.3 is 13.7 Å². The zero-order valence-electron chi connectivity index (χ0n) is 29.6. The summed E-state index contributed by atoms with van der Waals surface area (Å²) in [6, 6.07) is 23.3.